The van der Waals surface area contributed by atoms with E-state index in [0.717, 1.165) is 21.6 Å². The van der Waals surface area contributed by atoms with Crippen molar-refractivity contribution in [2.75, 3.05) is 13.6 Å². The number of aromatic nitrogens is 1. The van der Waals surface area contributed by atoms with Crippen LogP contribution in [0.1, 0.15) is 11.4 Å². The summed E-state index contributed by atoms with van der Waals surface area (Å²) < 4.78 is 1.14. The average Bonchev–Trinajstić information content (AvgIpc) is 3.09. The van der Waals surface area contributed by atoms with E-state index in [-0.39, 0.29) is 17.9 Å². The summed E-state index contributed by atoms with van der Waals surface area (Å²) in [6, 6.07) is 7.91. The monoisotopic (exact) mass is 300 g/mol. The highest BCUT2D eigenvalue weighted by Gasteiger charge is 2.38. The van der Waals surface area contributed by atoms with Gasteiger partial charge in [0.1, 0.15) is 0 Å². The van der Waals surface area contributed by atoms with Crippen molar-refractivity contribution in [3.63, 3.8) is 0 Å². The number of carbonyl (C=O) groups is 1. The third-order valence-electron chi connectivity index (χ3n) is 3.98. The number of thiazole rings is 1. The molecule has 0 aliphatic carbocycles. The van der Waals surface area contributed by atoms with Crippen molar-refractivity contribution in [3.05, 3.63) is 29.3 Å². The van der Waals surface area contributed by atoms with E-state index in [9.17, 15) is 10.1 Å². The van der Waals surface area contributed by atoms with Gasteiger partial charge in [-0.3, -0.25) is 4.79 Å². The van der Waals surface area contributed by atoms with Crippen LogP contribution in [0.5, 0.6) is 0 Å². The number of nitrogens with zero attached hydrogens (tertiary/aromatic N) is 3. The van der Waals surface area contributed by atoms with E-state index in [0.29, 0.717) is 13.0 Å². The maximum atomic E-state index is 12.0. The molecule has 1 aliphatic heterocycles. The number of nitriles is 1. The Bertz CT molecular complexity index is 672. The van der Waals surface area contributed by atoms with Gasteiger partial charge >= 0.3 is 0 Å². The van der Waals surface area contributed by atoms with Crippen molar-refractivity contribution in [1.82, 2.24) is 15.2 Å². The SMILES string of the molecule is CNC(=O)C1CCN(C#N)C1Cc1nc2ccccc2s1. The van der Waals surface area contributed by atoms with Gasteiger partial charge in [-0.1, -0.05) is 12.1 Å². The average molecular weight is 300 g/mol. The standard InChI is InChI=1S/C15H16N4OS/c1-17-15(20)10-6-7-19(9-16)12(10)8-14-18-11-4-2-3-5-13(11)21-14/h2-5,10,12H,6-8H2,1H3,(H,17,20). The van der Waals surface area contributed by atoms with Crippen molar-refractivity contribution in [2.24, 2.45) is 5.92 Å². The van der Waals surface area contributed by atoms with Gasteiger partial charge < -0.3 is 10.2 Å². The van der Waals surface area contributed by atoms with Crippen LogP contribution in [-0.4, -0.2) is 35.4 Å². The molecule has 0 saturated carbocycles. The van der Waals surface area contributed by atoms with Gasteiger partial charge in [0.15, 0.2) is 6.19 Å². The van der Waals surface area contributed by atoms with E-state index < -0.39 is 0 Å². The lowest BCUT2D eigenvalue weighted by Crippen LogP contribution is -2.38. The minimum Gasteiger partial charge on any atom is -0.359 e. The van der Waals surface area contributed by atoms with Gasteiger partial charge in [-0.25, -0.2) is 4.98 Å². The molecule has 0 radical (unpaired) electrons. The fourth-order valence-electron chi connectivity index (χ4n) is 2.91. The van der Waals surface area contributed by atoms with Crippen LogP contribution in [-0.2, 0) is 11.2 Å². The van der Waals surface area contributed by atoms with E-state index in [1.54, 1.807) is 23.3 Å². The van der Waals surface area contributed by atoms with Crippen molar-refractivity contribution in [3.8, 4) is 6.19 Å². The first kappa shape index (κ1) is 13.8. The van der Waals surface area contributed by atoms with Gasteiger partial charge in [-0.05, 0) is 18.6 Å². The zero-order chi connectivity index (χ0) is 14.8. The molecule has 2 unspecified atom stereocenters. The molecule has 1 aliphatic rings. The molecule has 108 valence electrons. The molecule has 0 bridgehead atoms. The summed E-state index contributed by atoms with van der Waals surface area (Å²) in [5, 5.41) is 12.9. The second-order valence-corrected chi connectivity index (χ2v) is 6.26. The molecule has 2 heterocycles. The van der Waals surface area contributed by atoms with Crippen molar-refractivity contribution in [1.29, 1.82) is 5.26 Å². The molecule has 1 saturated heterocycles. The van der Waals surface area contributed by atoms with Gasteiger partial charge in [-0.15, -0.1) is 11.3 Å². The number of carbonyl (C=O) groups excluding carboxylic acids is 1. The number of rotatable bonds is 3. The molecule has 0 spiro atoms. The largest absolute Gasteiger partial charge is 0.359 e. The molecule has 5 nitrogen and oxygen atoms in total. The highest BCUT2D eigenvalue weighted by Crippen LogP contribution is 2.30. The molecular formula is C15H16N4OS. The van der Waals surface area contributed by atoms with E-state index in [1.807, 2.05) is 24.3 Å². The summed E-state index contributed by atoms with van der Waals surface area (Å²) >= 11 is 1.64. The zero-order valence-electron chi connectivity index (χ0n) is 11.7. The number of fused-ring (bicyclic) bond motifs is 1. The first-order valence-corrected chi connectivity index (χ1v) is 7.77. The molecule has 6 heteroatoms. The minimum absolute atomic E-state index is 0.0128. The molecule has 1 amide bonds. The van der Waals surface area contributed by atoms with Crippen LogP contribution in [0.4, 0.5) is 0 Å². The normalized spacial score (nSPS) is 21.4. The van der Waals surface area contributed by atoms with E-state index >= 15 is 0 Å². The predicted octanol–water partition coefficient (Wildman–Crippen LogP) is 1.76. The Morgan fingerprint density at radius 1 is 1.57 bits per heavy atom. The summed E-state index contributed by atoms with van der Waals surface area (Å²) in [4.78, 5) is 18.3. The van der Waals surface area contributed by atoms with Crippen LogP contribution in [0.2, 0.25) is 0 Å². The summed E-state index contributed by atoms with van der Waals surface area (Å²) in [5.41, 5.74) is 0.982. The first-order valence-electron chi connectivity index (χ1n) is 6.95. The first-order chi connectivity index (χ1) is 10.2. The van der Waals surface area contributed by atoms with Gasteiger partial charge in [-0.2, -0.15) is 5.26 Å². The maximum absolute atomic E-state index is 12.0. The minimum atomic E-state index is -0.137. The number of hydrogen-bond acceptors (Lipinski definition) is 5. The Kier molecular flexibility index (Phi) is 3.76. The molecule has 21 heavy (non-hydrogen) atoms. The Labute approximate surface area is 127 Å². The fourth-order valence-corrected chi connectivity index (χ4v) is 3.92. The number of hydrogen-bond donors (Lipinski definition) is 1. The van der Waals surface area contributed by atoms with E-state index in [4.69, 9.17) is 0 Å². The van der Waals surface area contributed by atoms with Gasteiger partial charge in [0.2, 0.25) is 5.91 Å². The molecule has 1 aromatic carbocycles. The number of nitrogens with one attached hydrogen (secondary N) is 1. The zero-order valence-corrected chi connectivity index (χ0v) is 12.6. The molecular weight excluding hydrogens is 284 g/mol. The third-order valence-corrected chi connectivity index (χ3v) is 5.04. The molecule has 3 rings (SSSR count). The number of benzene rings is 1. The van der Waals surface area contributed by atoms with Crippen molar-refractivity contribution >= 4 is 27.5 Å². The summed E-state index contributed by atoms with van der Waals surface area (Å²) in [6.45, 7) is 0.643. The summed E-state index contributed by atoms with van der Waals surface area (Å²) in [7, 11) is 1.64. The number of amides is 1. The molecule has 2 aromatic rings. The Hall–Kier alpha value is -2.13. The summed E-state index contributed by atoms with van der Waals surface area (Å²) in [5.74, 6) is -0.125. The topological polar surface area (TPSA) is 69.0 Å². The van der Waals surface area contributed by atoms with E-state index in [1.165, 1.54) is 0 Å². The van der Waals surface area contributed by atoms with E-state index in [2.05, 4.69) is 16.5 Å². The molecule has 1 aromatic heterocycles. The molecule has 2 atom stereocenters. The lowest BCUT2D eigenvalue weighted by molar-refractivity contribution is -0.125. The van der Waals surface area contributed by atoms with Crippen LogP contribution in [0.15, 0.2) is 24.3 Å². The van der Waals surface area contributed by atoms with Crippen LogP contribution in [0, 0.1) is 17.4 Å². The smallest absolute Gasteiger partial charge is 0.225 e. The second kappa shape index (κ2) is 5.70. The Morgan fingerprint density at radius 3 is 3.10 bits per heavy atom. The predicted molar refractivity (Wildman–Crippen MR) is 81.6 cm³/mol. The second-order valence-electron chi connectivity index (χ2n) is 5.15. The van der Waals surface area contributed by atoms with Gasteiger partial charge in [0, 0.05) is 20.0 Å². The maximum Gasteiger partial charge on any atom is 0.225 e. The number of para-hydroxylation sites is 1. The highest BCUT2D eigenvalue weighted by molar-refractivity contribution is 7.18. The fraction of sp³-hybridized carbons (Fsp3) is 0.400. The van der Waals surface area contributed by atoms with Crippen molar-refractivity contribution in [2.45, 2.75) is 18.9 Å². The lowest BCUT2D eigenvalue weighted by atomic mass is 9.97. The van der Waals surface area contributed by atoms with Crippen molar-refractivity contribution < 1.29 is 4.79 Å². The quantitative estimate of drug-likeness (QED) is 0.877. The van der Waals surface area contributed by atoms with Gasteiger partial charge in [0.05, 0.1) is 27.2 Å². The number of likely N-dealkylation sites (tertiary alicyclic amines) is 1. The lowest BCUT2D eigenvalue weighted by Gasteiger charge is -2.21. The van der Waals surface area contributed by atoms with Crippen LogP contribution in [0.25, 0.3) is 10.2 Å². The third kappa shape index (κ3) is 2.57. The van der Waals surface area contributed by atoms with Gasteiger partial charge in [0.25, 0.3) is 0 Å². The van der Waals surface area contributed by atoms with Crippen LogP contribution < -0.4 is 5.32 Å². The van der Waals surface area contributed by atoms with Crippen LogP contribution in [0.3, 0.4) is 0 Å². The molecule has 1 fully saturated rings. The molecule has 1 N–H and O–H groups in total. The van der Waals surface area contributed by atoms with Crippen LogP contribution >= 0.6 is 11.3 Å². The summed E-state index contributed by atoms with van der Waals surface area (Å²) in [6.07, 6.45) is 3.58. The Balaban J connectivity index is 1.86. The highest BCUT2D eigenvalue weighted by atomic mass is 32.1. The Morgan fingerprint density at radius 2 is 2.38 bits per heavy atom.